The molecule has 184 valence electrons. The summed E-state index contributed by atoms with van der Waals surface area (Å²) in [5.41, 5.74) is 1.33. The van der Waals surface area contributed by atoms with Gasteiger partial charge in [-0.1, -0.05) is 60.1 Å². The molecule has 5 rings (SSSR count). The molecule has 0 aliphatic heterocycles. The summed E-state index contributed by atoms with van der Waals surface area (Å²) in [5, 5.41) is 10.5. The van der Waals surface area contributed by atoms with Crippen LogP contribution in [0.5, 0.6) is 0 Å². The van der Waals surface area contributed by atoms with Crippen LogP contribution in [0.2, 0.25) is 0 Å². The van der Waals surface area contributed by atoms with E-state index in [2.05, 4.69) is 54.5 Å². The van der Waals surface area contributed by atoms with Crippen LogP contribution in [-0.4, -0.2) is 16.9 Å². The van der Waals surface area contributed by atoms with E-state index in [0.717, 1.165) is 57.8 Å². The summed E-state index contributed by atoms with van der Waals surface area (Å²) in [6.07, 6.45) is 12.3. The molecule has 0 spiro atoms. The lowest BCUT2D eigenvalue weighted by Crippen LogP contribution is -2.64. The number of carboxylic acids is 1. The van der Waals surface area contributed by atoms with Gasteiger partial charge in [-0.15, -0.1) is 0 Å². The molecule has 0 saturated heterocycles. The van der Waals surface area contributed by atoms with E-state index < -0.39 is 11.4 Å². The zero-order valence-electron chi connectivity index (χ0n) is 22.1. The van der Waals surface area contributed by atoms with Crippen molar-refractivity contribution in [3.63, 3.8) is 0 Å². The Morgan fingerprint density at radius 1 is 0.909 bits per heavy atom. The van der Waals surface area contributed by atoms with Crippen molar-refractivity contribution in [3.8, 4) is 0 Å². The number of fused-ring (bicyclic) bond motifs is 7. The first-order chi connectivity index (χ1) is 15.1. The van der Waals surface area contributed by atoms with E-state index in [1.165, 1.54) is 12.0 Å². The summed E-state index contributed by atoms with van der Waals surface area (Å²) in [7, 11) is 0. The highest BCUT2D eigenvalue weighted by atomic mass is 16.4. The fraction of sp³-hybridized carbons (Fsp3) is 0.867. The van der Waals surface area contributed by atoms with Crippen molar-refractivity contribution in [2.24, 2.45) is 50.2 Å². The number of carbonyl (C=O) groups excluding carboxylic acids is 1. The van der Waals surface area contributed by atoms with Crippen LogP contribution in [0.1, 0.15) is 113 Å². The van der Waals surface area contributed by atoms with E-state index in [4.69, 9.17) is 0 Å². The highest BCUT2D eigenvalue weighted by Crippen LogP contribution is 2.75. The molecule has 0 aromatic carbocycles. The van der Waals surface area contributed by atoms with Gasteiger partial charge in [-0.3, -0.25) is 9.59 Å². The molecule has 0 radical (unpaired) electrons. The summed E-state index contributed by atoms with van der Waals surface area (Å²) < 4.78 is 0. The maximum absolute atomic E-state index is 12.9. The van der Waals surface area contributed by atoms with E-state index in [-0.39, 0.29) is 33.0 Å². The SMILES string of the molecule is CC1(C)CC[C@]2(C(=O)O)CC[C@]3(C)C(=CC[C@@H]4[C@@]5(C)CCC(=O)C(C)(C)[C@@H]5CC[C@]43C)[C@H]2C1. The van der Waals surface area contributed by atoms with Crippen LogP contribution in [0.15, 0.2) is 11.6 Å². The molecule has 1 N–H and O–H groups in total. The quantitative estimate of drug-likeness (QED) is 0.419. The van der Waals surface area contributed by atoms with Gasteiger partial charge in [-0.2, -0.15) is 0 Å². The summed E-state index contributed by atoms with van der Waals surface area (Å²) in [4.78, 5) is 25.6. The number of aliphatic carboxylic acids is 1. The fourth-order valence-electron chi connectivity index (χ4n) is 10.4. The van der Waals surface area contributed by atoms with Gasteiger partial charge < -0.3 is 5.11 Å². The monoisotopic (exact) mass is 454 g/mol. The first-order valence-electron chi connectivity index (χ1n) is 13.6. The lowest BCUT2D eigenvalue weighted by atomic mass is 9.33. The Kier molecular flexibility index (Phi) is 4.83. The van der Waals surface area contributed by atoms with E-state index in [1.807, 2.05) is 0 Å². The molecule has 3 nitrogen and oxygen atoms in total. The van der Waals surface area contributed by atoms with Gasteiger partial charge in [0, 0.05) is 11.8 Å². The Bertz CT molecular complexity index is 927. The molecule has 5 aliphatic rings. The molecule has 3 heteroatoms. The van der Waals surface area contributed by atoms with Gasteiger partial charge in [0.1, 0.15) is 5.78 Å². The van der Waals surface area contributed by atoms with Gasteiger partial charge in [0.05, 0.1) is 5.41 Å². The maximum Gasteiger partial charge on any atom is 0.310 e. The van der Waals surface area contributed by atoms with Crippen molar-refractivity contribution in [1.29, 1.82) is 0 Å². The van der Waals surface area contributed by atoms with Crippen LogP contribution in [-0.2, 0) is 9.59 Å². The number of hydrogen-bond acceptors (Lipinski definition) is 2. The number of carbonyl (C=O) groups is 2. The summed E-state index contributed by atoms with van der Waals surface area (Å²) in [5.74, 6) is 1.10. The summed E-state index contributed by atoms with van der Waals surface area (Å²) >= 11 is 0. The predicted molar refractivity (Wildman–Crippen MR) is 132 cm³/mol. The molecule has 7 atom stereocenters. The minimum Gasteiger partial charge on any atom is -0.481 e. The number of carboxylic acid groups (broad SMARTS) is 1. The van der Waals surface area contributed by atoms with E-state index >= 15 is 0 Å². The highest BCUT2D eigenvalue weighted by Gasteiger charge is 2.69. The molecule has 4 saturated carbocycles. The normalized spacial score (nSPS) is 50.2. The average Bonchev–Trinajstić information content (AvgIpc) is 2.71. The summed E-state index contributed by atoms with van der Waals surface area (Å²) in [6.45, 7) is 16.6. The van der Waals surface area contributed by atoms with Crippen molar-refractivity contribution in [2.75, 3.05) is 0 Å². The van der Waals surface area contributed by atoms with Crippen LogP contribution >= 0.6 is 0 Å². The third kappa shape index (κ3) is 2.80. The van der Waals surface area contributed by atoms with Gasteiger partial charge in [0.25, 0.3) is 0 Å². The van der Waals surface area contributed by atoms with E-state index in [1.54, 1.807) is 0 Å². The van der Waals surface area contributed by atoms with Gasteiger partial charge in [-0.05, 0) is 97.2 Å². The first-order valence-corrected chi connectivity index (χ1v) is 13.6. The molecule has 33 heavy (non-hydrogen) atoms. The number of allylic oxidation sites excluding steroid dienone is 2. The van der Waals surface area contributed by atoms with Gasteiger partial charge in [-0.25, -0.2) is 0 Å². The number of rotatable bonds is 1. The number of hydrogen-bond donors (Lipinski definition) is 1. The Balaban J connectivity index is 1.60. The maximum atomic E-state index is 12.9. The third-order valence-electron chi connectivity index (χ3n) is 12.8. The topological polar surface area (TPSA) is 54.4 Å². The van der Waals surface area contributed by atoms with Crippen molar-refractivity contribution in [1.82, 2.24) is 0 Å². The molecular formula is C30H46O3. The van der Waals surface area contributed by atoms with Crippen LogP contribution in [0.3, 0.4) is 0 Å². The molecule has 0 aromatic heterocycles. The van der Waals surface area contributed by atoms with Crippen LogP contribution in [0.4, 0.5) is 0 Å². The Morgan fingerprint density at radius 3 is 2.24 bits per heavy atom. The first kappa shape index (κ1) is 23.6. The standard InChI is InChI=1S/C30H46O3/c1-25(2)14-16-30(24(32)33)17-15-28(6)19(20(30)18-25)8-9-22-27(5)12-11-23(31)26(3,4)21(27)10-13-29(22,28)7/h8,20-22H,9-18H2,1-7H3,(H,32,33)/t20-,21+,22-,27+,28-,29-,30+/m1/s1. The molecular weight excluding hydrogens is 408 g/mol. The number of Topliss-reactive ketones (excluding diaryl/α,β-unsaturated/α-hetero) is 1. The molecule has 0 heterocycles. The molecule has 0 unspecified atom stereocenters. The minimum absolute atomic E-state index is 0.0620. The second kappa shape index (κ2) is 6.76. The Morgan fingerprint density at radius 2 is 1.58 bits per heavy atom. The van der Waals surface area contributed by atoms with Gasteiger partial charge in [0.15, 0.2) is 0 Å². The third-order valence-corrected chi connectivity index (χ3v) is 12.8. The predicted octanol–water partition coefficient (Wildman–Crippen LogP) is 7.44. The van der Waals surface area contributed by atoms with E-state index in [0.29, 0.717) is 17.6 Å². The fourth-order valence-corrected chi connectivity index (χ4v) is 10.4. The lowest BCUT2D eigenvalue weighted by molar-refractivity contribution is -0.189. The molecule has 0 aromatic rings. The summed E-state index contributed by atoms with van der Waals surface area (Å²) in [6, 6.07) is 0. The second-order valence-electron chi connectivity index (χ2n) is 14.8. The zero-order chi connectivity index (χ0) is 24.2. The van der Waals surface area contributed by atoms with Crippen molar-refractivity contribution < 1.29 is 14.7 Å². The smallest absolute Gasteiger partial charge is 0.310 e. The molecule has 0 amide bonds. The lowest BCUT2D eigenvalue weighted by Gasteiger charge is -2.70. The average molecular weight is 455 g/mol. The van der Waals surface area contributed by atoms with Crippen LogP contribution in [0, 0.1) is 50.2 Å². The highest BCUT2D eigenvalue weighted by molar-refractivity contribution is 5.85. The second-order valence-corrected chi connectivity index (χ2v) is 14.8. The molecule has 5 aliphatic carbocycles. The number of ketones is 1. The van der Waals surface area contributed by atoms with E-state index in [9.17, 15) is 14.7 Å². The Hall–Kier alpha value is -1.12. The van der Waals surface area contributed by atoms with Gasteiger partial charge in [0.2, 0.25) is 0 Å². The van der Waals surface area contributed by atoms with Crippen molar-refractivity contribution in [2.45, 2.75) is 113 Å². The minimum atomic E-state index is -0.565. The van der Waals surface area contributed by atoms with Gasteiger partial charge >= 0.3 is 5.97 Å². The Labute approximate surface area is 201 Å². The largest absolute Gasteiger partial charge is 0.481 e. The zero-order valence-corrected chi connectivity index (χ0v) is 22.1. The van der Waals surface area contributed by atoms with Crippen LogP contribution in [0.25, 0.3) is 0 Å². The van der Waals surface area contributed by atoms with Crippen molar-refractivity contribution in [3.05, 3.63) is 11.6 Å². The van der Waals surface area contributed by atoms with Crippen LogP contribution < -0.4 is 0 Å². The molecule has 0 bridgehead atoms. The molecule has 4 fully saturated rings. The van der Waals surface area contributed by atoms with Crippen molar-refractivity contribution >= 4 is 11.8 Å².